The largest absolute Gasteiger partial charge is 0.302 e. The summed E-state index contributed by atoms with van der Waals surface area (Å²) >= 11 is 0. The lowest BCUT2D eigenvalue weighted by Gasteiger charge is -2.48. The Morgan fingerprint density at radius 1 is 1.15 bits per heavy atom. The number of nitrogens with zero attached hydrogens (tertiary/aromatic N) is 2. The Balaban J connectivity index is 1.73. The summed E-state index contributed by atoms with van der Waals surface area (Å²) in [7, 11) is 0. The Kier molecular flexibility index (Phi) is 2.55. The average molecular weight is 178 g/mol. The van der Waals surface area contributed by atoms with Crippen LogP contribution in [0.25, 0.3) is 0 Å². The molecule has 0 aromatic carbocycles. The number of rotatable bonds is 2. The van der Waals surface area contributed by atoms with Gasteiger partial charge in [0.05, 0.1) is 6.07 Å². The number of nitriles is 1. The summed E-state index contributed by atoms with van der Waals surface area (Å²) in [4.78, 5) is 2.45. The Morgan fingerprint density at radius 2 is 1.85 bits per heavy atom. The van der Waals surface area contributed by atoms with E-state index in [1.54, 1.807) is 0 Å². The van der Waals surface area contributed by atoms with Crippen LogP contribution in [0.3, 0.4) is 0 Å². The molecule has 2 heteroatoms. The van der Waals surface area contributed by atoms with E-state index < -0.39 is 0 Å². The fraction of sp³-hybridized carbons (Fsp3) is 0.909. The Labute approximate surface area is 80.5 Å². The highest BCUT2D eigenvalue weighted by Gasteiger charge is 2.39. The highest BCUT2D eigenvalue weighted by atomic mass is 15.1. The summed E-state index contributed by atoms with van der Waals surface area (Å²) in [6.07, 6.45) is 7.88. The zero-order chi connectivity index (χ0) is 9.15. The van der Waals surface area contributed by atoms with E-state index in [0.29, 0.717) is 6.42 Å². The first kappa shape index (κ1) is 9.02. The maximum absolute atomic E-state index is 8.48. The molecule has 2 fully saturated rings. The van der Waals surface area contributed by atoms with E-state index >= 15 is 0 Å². The molecule has 1 saturated carbocycles. The van der Waals surface area contributed by atoms with Crippen molar-refractivity contribution in [2.24, 2.45) is 5.41 Å². The molecule has 0 N–H and O–H groups in total. The molecular weight excluding hydrogens is 160 g/mol. The monoisotopic (exact) mass is 178 g/mol. The SMILES string of the molecule is N#CCCN1CCC2(CCC2)CC1. The highest BCUT2D eigenvalue weighted by Crippen LogP contribution is 2.48. The molecule has 1 aliphatic heterocycles. The topological polar surface area (TPSA) is 27.0 Å². The lowest BCUT2D eigenvalue weighted by atomic mass is 9.63. The van der Waals surface area contributed by atoms with Crippen LogP contribution in [0.1, 0.15) is 38.5 Å². The molecule has 1 heterocycles. The van der Waals surface area contributed by atoms with Crippen LogP contribution < -0.4 is 0 Å². The zero-order valence-corrected chi connectivity index (χ0v) is 8.26. The third kappa shape index (κ3) is 1.86. The van der Waals surface area contributed by atoms with Gasteiger partial charge in [0.25, 0.3) is 0 Å². The standard InChI is InChI=1S/C11H18N2/c12-7-2-8-13-9-5-11(6-10-13)3-1-4-11/h1-6,8-10H2. The number of hydrogen-bond donors (Lipinski definition) is 0. The van der Waals surface area contributed by atoms with Crippen LogP contribution in [0.4, 0.5) is 0 Å². The third-order valence-corrected chi connectivity index (χ3v) is 3.87. The first-order valence-corrected chi connectivity index (χ1v) is 5.44. The molecule has 0 atom stereocenters. The van der Waals surface area contributed by atoms with Gasteiger partial charge in [-0.05, 0) is 44.2 Å². The van der Waals surface area contributed by atoms with Crippen molar-refractivity contribution in [2.45, 2.75) is 38.5 Å². The first-order valence-electron chi connectivity index (χ1n) is 5.44. The molecule has 2 rings (SSSR count). The summed E-state index contributed by atoms with van der Waals surface area (Å²) < 4.78 is 0. The second-order valence-corrected chi connectivity index (χ2v) is 4.60. The van der Waals surface area contributed by atoms with E-state index in [-0.39, 0.29) is 0 Å². The molecule has 2 nitrogen and oxygen atoms in total. The van der Waals surface area contributed by atoms with E-state index in [0.717, 1.165) is 12.0 Å². The van der Waals surface area contributed by atoms with E-state index in [1.165, 1.54) is 45.2 Å². The summed E-state index contributed by atoms with van der Waals surface area (Å²) in [5, 5.41) is 8.48. The summed E-state index contributed by atoms with van der Waals surface area (Å²) in [5.74, 6) is 0. The quantitative estimate of drug-likeness (QED) is 0.648. The maximum Gasteiger partial charge on any atom is 0.0635 e. The highest BCUT2D eigenvalue weighted by molar-refractivity contribution is 4.92. The van der Waals surface area contributed by atoms with Crippen molar-refractivity contribution in [3.05, 3.63) is 0 Å². The van der Waals surface area contributed by atoms with Crippen LogP contribution in [0.15, 0.2) is 0 Å². The van der Waals surface area contributed by atoms with Crippen molar-refractivity contribution in [2.75, 3.05) is 19.6 Å². The van der Waals surface area contributed by atoms with E-state index in [2.05, 4.69) is 11.0 Å². The molecular formula is C11H18N2. The van der Waals surface area contributed by atoms with Gasteiger partial charge < -0.3 is 4.90 Å². The van der Waals surface area contributed by atoms with Gasteiger partial charge in [0.2, 0.25) is 0 Å². The van der Waals surface area contributed by atoms with Crippen LogP contribution in [-0.4, -0.2) is 24.5 Å². The van der Waals surface area contributed by atoms with Crippen molar-refractivity contribution in [1.82, 2.24) is 4.90 Å². The van der Waals surface area contributed by atoms with Crippen LogP contribution >= 0.6 is 0 Å². The van der Waals surface area contributed by atoms with Gasteiger partial charge in [-0.25, -0.2) is 0 Å². The summed E-state index contributed by atoms with van der Waals surface area (Å²) in [6.45, 7) is 3.47. The minimum absolute atomic E-state index is 0.701. The molecule has 0 aromatic rings. The van der Waals surface area contributed by atoms with Crippen molar-refractivity contribution in [3.8, 4) is 6.07 Å². The summed E-state index contributed by atoms with van der Waals surface area (Å²) in [6, 6.07) is 2.22. The number of hydrogen-bond acceptors (Lipinski definition) is 2. The second-order valence-electron chi connectivity index (χ2n) is 4.60. The van der Waals surface area contributed by atoms with Gasteiger partial charge >= 0.3 is 0 Å². The van der Waals surface area contributed by atoms with Crippen LogP contribution in [-0.2, 0) is 0 Å². The van der Waals surface area contributed by atoms with Crippen LogP contribution in [0, 0.1) is 16.7 Å². The van der Waals surface area contributed by atoms with Gasteiger partial charge in [-0.3, -0.25) is 0 Å². The molecule has 0 amide bonds. The zero-order valence-electron chi connectivity index (χ0n) is 8.26. The molecule has 13 heavy (non-hydrogen) atoms. The van der Waals surface area contributed by atoms with E-state index in [4.69, 9.17) is 5.26 Å². The van der Waals surface area contributed by atoms with Gasteiger partial charge in [-0.15, -0.1) is 0 Å². The smallest absolute Gasteiger partial charge is 0.0635 e. The molecule has 72 valence electrons. The molecule has 1 saturated heterocycles. The third-order valence-electron chi connectivity index (χ3n) is 3.87. The van der Waals surface area contributed by atoms with E-state index in [9.17, 15) is 0 Å². The number of likely N-dealkylation sites (tertiary alicyclic amines) is 1. The fourth-order valence-electron chi connectivity index (χ4n) is 2.64. The molecule has 0 radical (unpaired) electrons. The minimum atomic E-state index is 0.701. The van der Waals surface area contributed by atoms with Crippen molar-refractivity contribution in [1.29, 1.82) is 5.26 Å². The lowest BCUT2D eigenvalue weighted by molar-refractivity contribution is 0.0344. The molecule has 0 aromatic heterocycles. The minimum Gasteiger partial charge on any atom is -0.302 e. The van der Waals surface area contributed by atoms with E-state index in [1.807, 2.05) is 0 Å². The Morgan fingerprint density at radius 3 is 2.31 bits per heavy atom. The Bertz CT molecular complexity index is 203. The molecule has 1 aliphatic carbocycles. The predicted molar refractivity (Wildman–Crippen MR) is 52.2 cm³/mol. The van der Waals surface area contributed by atoms with Gasteiger partial charge in [0, 0.05) is 13.0 Å². The predicted octanol–water partition coefficient (Wildman–Crippen LogP) is 2.17. The molecule has 0 unspecified atom stereocenters. The van der Waals surface area contributed by atoms with Gasteiger partial charge in [0.1, 0.15) is 0 Å². The van der Waals surface area contributed by atoms with Crippen LogP contribution in [0.2, 0.25) is 0 Å². The summed E-state index contributed by atoms with van der Waals surface area (Å²) in [5.41, 5.74) is 0.753. The van der Waals surface area contributed by atoms with Gasteiger partial charge in [-0.2, -0.15) is 5.26 Å². The van der Waals surface area contributed by atoms with Crippen LogP contribution in [0.5, 0.6) is 0 Å². The maximum atomic E-state index is 8.48. The molecule has 2 aliphatic rings. The number of piperidine rings is 1. The Hall–Kier alpha value is -0.550. The normalized spacial score (nSPS) is 26.7. The first-order chi connectivity index (χ1) is 6.35. The fourth-order valence-corrected chi connectivity index (χ4v) is 2.64. The second kappa shape index (κ2) is 3.67. The van der Waals surface area contributed by atoms with Crippen molar-refractivity contribution in [3.63, 3.8) is 0 Å². The van der Waals surface area contributed by atoms with Gasteiger partial charge in [-0.1, -0.05) is 6.42 Å². The molecule has 0 bridgehead atoms. The molecule has 1 spiro atoms. The van der Waals surface area contributed by atoms with Crippen molar-refractivity contribution < 1.29 is 0 Å². The average Bonchev–Trinajstić information content (AvgIpc) is 2.13. The van der Waals surface area contributed by atoms with Crippen molar-refractivity contribution >= 4 is 0 Å². The van der Waals surface area contributed by atoms with Gasteiger partial charge in [0.15, 0.2) is 0 Å². The lowest BCUT2D eigenvalue weighted by Crippen LogP contribution is -2.43.